The first-order valence-corrected chi connectivity index (χ1v) is 10.4. The van der Waals surface area contributed by atoms with Crippen molar-refractivity contribution in [2.45, 2.75) is 19.9 Å². The van der Waals surface area contributed by atoms with Crippen molar-refractivity contribution < 1.29 is 9.53 Å². The lowest BCUT2D eigenvalue weighted by molar-refractivity contribution is -0.121. The van der Waals surface area contributed by atoms with E-state index < -0.39 is 0 Å². The number of amides is 1. The lowest BCUT2D eigenvalue weighted by Gasteiger charge is -2.37. The molecule has 1 heterocycles. The molecule has 1 amide bonds. The summed E-state index contributed by atoms with van der Waals surface area (Å²) in [6.07, 6.45) is 4.38. The molecule has 3 rings (SSSR count). The van der Waals surface area contributed by atoms with Gasteiger partial charge < -0.3 is 10.1 Å². The van der Waals surface area contributed by atoms with Gasteiger partial charge >= 0.3 is 0 Å². The predicted molar refractivity (Wildman–Crippen MR) is 119 cm³/mol. The fourth-order valence-electron chi connectivity index (χ4n) is 3.49. The van der Waals surface area contributed by atoms with Crippen molar-refractivity contribution in [3.8, 4) is 5.75 Å². The van der Waals surface area contributed by atoms with E-state index in [2.05, 4.69) is 51.5 Å². The van der Waals surface area contributed by atoms with Crippen LogP contribution >= 0.6 is 0 Å². The number of nitrogens with zero attached hydrogens (tertiary/aromatic N) is 2. The summed E-state index contributed by atoms with van der Waals surface area (Å²) >= 11 is 0. The number of carbonyl (C=O) groups excluding carboxylic acids is 1. The maximum Gasteiger partial charge on any atom is 0.241 e. The highest BCUT2D eigenvalue weighted by molar-refractivity contribution is 5.95. The number of piperazine rings is 1. The second-order valence-corrected chi connectivity index (χ2v) is 7.24. The van der Waals surface area contributed by atoms with E-state index in [0.29, 0.717) is 12.4 Å². The lowest BCUT2D eigenvalue weighted by Crippen LogP contribution is -2.52. The van der Waals surface area contributed by atoms with Gasteiger partial charge in [-0.2, -0.15) is 0 Å². The Morgan fingerprint density at radius 1 is 1.07 bits per heavy atom. The molecule has 0 aliphatic carbocycles. The Balaban J connectivity index is 1.46. The molecular weight excluding hydrogens is 362 g/mol. The molecule has 1 unspecified atom stereocenters. The molecule has 0 saturated carbocycles. The van der Waals surface area contributed by atoms with Crippen LogP contribution in [0.3, 0.4) is 0 Å². The summed E-state index contributed by atoms with van der Waals surface area (Å²) in [6.45, 7) is 9.13. The van der Waals surface area contributed by atoms with Gasteiger partial charge in [0.05, 0.1) is 18.3 Å². The Morgan fingerprint density at radius 3 is 2.48 bits per heavy atom. The van der Waals surface area contributed by atoms with Gasteiger partial charge in [0.2, 0.25) is 5.91 Å². The maximum atomic E-state index is 12.7. The first kappa shape index (κ1) is 21.1. The molecule has 154 valence electrons. The van der Waals surface area contributed by atoms with E-state index in [9.17, 15) is 4.79 Å². The van der Waals surface area contributed by atoms with Crippen molar-refractivity contribution in [1.82, 2.24) is 9.80 Å². The molecule has 1 N–H and O–H groups in total. The number of ether oxygens (including phenoxy) is 1. The summed E-state index contributed by atoms with van der Waals surface area (Å²) in [5.74, 6) is 0.722. The van der Waals surface area contributed by atoms with E-state index >= 15 is 0 Å². The van der Waals surface area contributed by atoms with Crippen LogP contribution in [0, 0.1) is 0 Å². The number of benzene rings is 2. The zero-order valence-corrected chi connectivity index (χ0v) is 17.4. The summed E-state index contributed by atoms with van der Waals surface area (Å²) in [5, 5.41) is 3.03. The third-order valence-electron chi connectivity index (χ3n) is 5.25. The topological polar surface area (TPSA) is 44.8 Å². The molecule has 29 heavy (non-hydrogen) atoms. The van der Waals surface area contributed by atoms with Crippen LogP contribution in [0.1, 0.15) is 19.4 Å². The van der Waals surface area contributed by atoms with Crippen LogP contribution < -0.4 is 10.1 Å². The molecule has 2 aromatic carbocycles. The average molecular weight is 394 g/mol. The molecule has 0 spiro atoms. The van der Waals surface area contributed by atoms with Gasteiger partial charge in [0.15, 0.2) is 0 Å². The highest BCUT2D eigenvalue weighted by atomic mass is 16.5. The van der Waals surface area contributed by atoms with Crippen molar-refractivity contribution in [3.63, 3.8) is 0 Å². The minimum Gasteiger partial charge on any atom is -0.492 e. The molecule has 0 bridgehead atoms. The highest BCUT2D eigenvalue weighted by Gasteiger charge is 2.25. The number of nitrogens with one attached hydrogen (secondary N) is 1. The number of carbonyl (C=O) groups is 1. The van der Waals surface area contributed by atoms with Crippen molar-refractivity contribution >= 4 is 17.7 Å². The summed E-state index contributed by atoms with van der Waals surface area (Å²) < 4.78 is 5.61. The van der Waals surface area contributed by atoms with Gasteiger partial charge in [-0.15, -0.1) is 0 Å². The molecule has 1 aliphatic rings. The van der Waals surface area contributed by atoms with Crippen LogP contribution in [-0.2, 0) is 4.79 Å². The number of rotatable bonds is 8. The largest absolute Gasteiger partial charge is 0.492 e. The fourth-order valence-corrected chi connectivity index (χ4v) is 3.49. The maximum absolute atomic E-state index is 12.7. The van der Waals surface area contributed by atoms with Gasteiger partial charge in [-0.25, -0.2) is 0 Å². The fraction of sp³-hybridized carbons (Fsp3) is 0.375. The summed E-state index contributed by atoms with van der Waals surface area (Å²) in [5.41, 5.74) is 1.96. The second kappa shape index (κ2) is 10.8. The number of hydrogen-bond donors (Lipinski definition) is 1. The Morgan fingerprint density at radius 2 is 1.76 bits per heavy atom. The molecule has 1 saturated heterocycles. The average Bonchev–Trinajstić information content (AvgIpc) is 2.76. The van der Waals surface area contributed by atoms with E-state index in [4.69, 9.17) is 4.74 Å². The first-order chi connectivity index (χ1) is 14.2. The van der Waals surface area contributed by atoms with Crippen molar-refractivity contribution in [3.05, 3.63) is 66.2 Å². The Bertz CT molecular complexity index is 799. The van der Waals surface area contributed by atoms with Crippen LogP contribution in [0.5, 0.6) is 5.75 Å². The van der Waals surface area contributed by atoms with Crippen LogP contribution in [0.2, 0.25) is 0 Å². The minimum atomic E-state index is -0.174. The van der Waals surface area contributed by atoms with Crippen molar-refractivity contribution in [1.29, 1.82) is 0 Å². The van der Waals surface area contributed by atoms with E-state index in [1.807, 2.05) is 44.2 Å². The Kier molecular flexibility index (Phi) is 7.85. The third kappa shape index (κ3) is 6.17. The third-order valence-corrected chi connectivity index (χ3v) is 5.25. The van der Waals surface area contributed by atoms with Crippen LogP contribution in [0.15, 0.2) is 60.7 Å². The molecule has 0 aromatic heterocycles. The first-order valence-electron chi connectivity index (χ1n) is 10.4. The normalized spacial score (nSPS) is 16.6. The minimum absolute atomic E-state index is 0.00887. The van der Waals surface area contributed by atoms with E-state index in [-0.39, 0.29) is 11.9 Å². The van der Waals surface area contributed by atoms with Crippen molar-refractivity contribution in [2.75, 3.05) is 44.6 Å². The molecule has 0 radical (unpaired) electrons. The molecule has 2 aromatic rings. The molecule has 1 aliphatic heterocycles. The summed E-state index contributed by atoms with van der Waals surface area (Å²) in [7, 11) is 0. The summed E-state index contributed by atoms with van der Waals surface area (Å²) in [6, 6.07) is 17.8. The highest BCUT2D eigenvalue weighted by Crippen LogP contribution is 2.24. The molecule has 5 heteroatoms. The van der Waals surface area contributed by atoms with E-state index in [0.717, 1.165) is 38.4 Å². The standard InChI is InChI=1S/C24H31N3O2/c1-3-29-23-14-8-7-13-22(23)25-24(28)20(2)27-18-16-26(17-19-27)15-9-12-21-10-5-4-6-11-21/h4-14,20H,3,15-19H2,1-2H3,(H,25,28)/b12-9+. The predicted octanol–water partition coefficient (Wildman–Crippen LogP) is 3.74. The monoisotopic (exact) mass is 393 g/mol. The van der Waals surface area contributed by atoms with Crippen molar-refractivity contribution in [2.24, 2.45) is 0 Å². The zero-order valence-electron chi connectivity index (χ0n) is 17.4. The quantitative estimate of drug-likeness (QED) is 0.742. The molecular formula is C24H31N3O2. The lowest BCUT2D eigenvalue weighted by atomic mass is 10.2. The van der Waals surface area contributed by atoms with Crippen LogP contribution in [0.25, 0.3) is 6.08 Å². The van der Waals surface area contributed by atoms with Gasteiger partial charge in [-0.3, -0.25) is 14.6 Å². The van der Waals surface area contributed by atoms with Gasteiger partial charge in [0.1, 0.15) is 5.75 Å². The number of para-hydroxylation sites is 2. The van der Waals surface area contributed by atoms with Gasteiger partial charge in [-0.1, -0.05) is 54.6 Å². The van der Waals surface area contributed by atoms with Gasteiger partial charge in [0.25, 0.3) is 0 Å². The zero-order chi connectivity index (χ0) is 20.5. The number of hydrogen-bond acceptors (Lipinski definition) is 4. The van der Waals surface area contributed by atoms with E-state index in [1.165, 1.54) is 5.56 Å². The molecule has 1 fully saturated rings. The van der Waals surface area contributed by atoms with Crippen LogP contribution in [-0.4, -0.2) is 61.1 Å². The van der Waals surface area contributed by atoms with E-state index in [1.54, 1.807) is 0 Å². The Hall–Kier alpha value is -2.63. The molecule has 5 nitrogen and oxygen atoms in total. The Labute approximate surface area is 174 Å². The second-order valence-electron chi connectivity index (χ2n) is 7.24. The smallest absolute Gasteiger partial charge is 0.241 e. The number of anilines is 1. The van der Waals surface area contributed by atoms with Gasteiger partial charge in [-0.05, 0) is 31.5 Å². The van der Waals surface area contributed by atoms with Crippen LogP contribution in [0.4, 0.5) is 5.69 Å². The molecule has 1 atom stereocenters. The SMILES string of the molecule is CCOc1ccccc1NC(=O)C(C)N1CCN(C/C=C/c2ccccc2)CC1. The summed E-state index contributed by atoms with van der Waals surface area (Å²) in [4.78, 5) is 17.4. The van der Waals surface area contributed by atoms with Gasteiger partial charge in [0, 0.05) is 32.7 Å².